The molecule has 0 saturated carbocycles. The van der Waals surface area contributed by atoms with E-state index < -0.39 is 10.1 Å². The summed E-state index contributed by atoms with van der Waals surface area (Å²) in [6, 6.07) is 13.8. The van der Waals surface area contributed by atoms with E-state index in [0.717, 1.165) is 11.1 Å². The van der Waals surface area contributed by atoms with Gasteiger partial charge >= 0.3 is 0 Å². The SMILES string of the molecule is O=S(=O)(O)c1ccccc1/C=C/c1ccccc1-c1cn[nH]n1. The largest absolute Gasteiger partial charge is 0.295 e. The number of aromatic nitrogens is 3. The molecule has 0 unspecified atom stereocenters. The van der Waals surface area contributed by atoms with E-state index in [1.165, 1.54) is 6.07 Å². The van der Waals surface area contributed by atoms with Gasteiger partial charge in [-0.2, -0.15) is 23.8 Å². The molecule has 1 aromatic heterocycles. The molecule has 0 fully saturated rings. The van der Waals surface area contributed by atoms with Crippen LogP contribution < -0.4 is 0 Å². The molecule has 0 saturated heterocycles. The predicted molar refractivity (Wildman–Crippen MR) is 87.0 cm³/mol. The van der Waals surface area contributed by atoms with Crippen molar-refractivity contribution >= 4 is 22.3 Å². The van der Waals surface area contributed by atoms with Gasteiger partial charge in [-0.25, -0.2) is 0 Å². The summed E-state index contributed by atoms with van der Waals surface area (Å²) in [4.78, 5) is -0.129. The molecule has 116 valence electrons. The van der Waals surface area contributed by atoms with Gasteiger partial charge in [0.15, 0.2) is 0 Å². The molecule has 3 aromatic rings. The second-order valence-electron chi connectivity index (χ2n) is 4.79. The quantitative estimate of drug-likeness (QED) is 0.567. The Morgan fingerprint density at radius 2 is 1.61 bits per heavy atom. The van der Waals surface area contributed by atoms with Gasteiger partial charge < -0.3 is 0 Å². The van der Waals surface area contributed by atoms with Gasteiger partial charge in [-0.1, -0.05) is 54.6 Å². The van der Waals surface area contributed by atoms with Crippen molar-refractivity contribution in [3.05, 3.63) is 65.9 Å². The molecule has 0 atom stereocenters. The van der Waals surface area contributed by atoms with Crippen LogP contribution in [0.5, 0.6) is 0 Å². The highest BCUT2D eigenvalue weighted by Gasteiger charge is 2.12. The summed E-state index contributed by atoms with van der Waals surface area (Å²) in [6.07, 6.45) is 5.02. The van der Waals surface area contributed by atoms with Crippen molar-refractivity contribution in [2.24, 2.45) is 0 Å². The van der Waals surface area contributed by atoms with Gasteiger partial charge in [0.25, 0.3) is 10.1 Å². The highest BCUT2D eigenvalue weighted by atomic mass is 32.2. The Kier molecular flexibility index (Phi) is 4.05. The lowest BCUT2D eigenvalue weighted by molar-refractivity contribution is 0.483. The number of hydrogen-bond donors (Lipinski definition) is 2. The number of nitrogens with zero attached hydrogens (tertiary/aromatic N) is 2. The Morgan fingerprint density at radius 3 is 2.30 bits per heavy atom. The van der Waals surface area contributed by atoms with Crippen molar-refractivity contribution in [2.45, 2.75) is 4.90 Å². The summed E-state index contributed by atoms with van der Waals surface area (Å²) in [7, 11) is -4.27. The highest BCUT2D eigenvalue weighted by molar-refractivity contribution is 7.85. The van der Waals surface area contributed by atoms with Gasteiger partial charge in [0.2, 0.25) is 0 Å². The maximum Gasteiger partial charge on any atom is 0.295 e. The minimum atomic E-state index is -4.27. The van der Waals surface area contributed by atoms with Crippen molar-refractivity contribution in [2.75, 3.05) is 0 Å². The first-order chi connectivity index (χ1) is 11.1. The van der Waals surface area contributed by atoms with E-state index in [1.54, 1.807) is 36.5 Å². The van der Waals surface area contributed by atoms with Gasteiger partial charge in [0.1, 0.15) is 10.6 Å². The minimum absolute atomic E-state index is 0.129. The van der Waals surface area contributed by atoms with Gasteiger partial charge in [0, 0.05) is 5.56 Å². The van der Waals surface area contributed by atoms with Gasteiger partial charge in [-0.3, -0.25) is 4.55 Å². The van der Waals surface area contributed by atoms with Crippen molar-refractivity contribution in [3.63, 3.8) is 0 Å². The maximum absolute atomic E-state index is 11.4. The zero-order valence-electron chi connectivity index (χ0n) is 11.9. The van der Waals surface area contributed by atoms with Crippen LogP contribution in [0.3, 0.4) is 0 Å². The standard InChI is InChI=1S/C16H13N3O3S/c20-23(21,22)16-8-4-2-6-13(16)10-9-12-5-1-3-7-14(12)15-11-17-19-18-15/h1-11H,(H,17,18,19)(H,20,21,22)/b10-9+. The lowest BCUT2D eigenvalue weighted by Gasteiger charge is -2.04. The van der Waals surface area contributed by atoms with Crippen LogP contribution in [-0.4, -0.2) is 28.4 Å². The van der Waals surface area contributed by atoms with E-state index in [1.807, 2.05) is 24.3 Å². The smallest absolute Gasteiger partial charge is 0.282 e. The molecule has 0 bridgehead atoms. The number of H-pyrrole nitrogens is 1. The normalized spacial score (nSPS) is 11.9. The number of rotatable bonds is 4. The van der Waals surface area contributed by atoms with Crippen LogP contribution in [0.4, 0.5) is 0 Å². The number of aromatic amines is 1. The Balaban J connectivity index is 2.03. The molecule has 0 radical (unpaired) electrons. The summed E-state index contributed by atoms with van der Waals surface area (Å²) >= 11 is 0. The third-order valence-corrected chi connectivity index (χ3v) is 4.22. The second-order valence-corrected chi connectivity index (χ2v) is 6.18. The van der Waals surface area contributed by atoms with E-state index >= 15 is 0 Å². The number of benzene rings is 2. The van der Waals surface area contributed by atoms with Crippen LogP contribution in [0.25, 0.3) is 23.4 Å². The molecule has 0 aliphatic carbocycles. The van der Waals surface area contributed by atoms with Crippen molar-refractivity contribution in [1.82, 2.24) is 15.4 Å². The van der Waals surface area contributed by atoms with E-state index in [-0.39, 0.29) is 4.90 Å². The fourth-order valence-corrected chi connectivity index (χ4v) is 2.92. The molecule has 7 heteroatoms. The first kappa shape index (κ1) is 15.1. The lowest BCUT2D eigenvalue weighted by atomic mass is 10.0. The van der Waals surface area contributed by atoms with E-state index in [2.05, 4.69) is 15.4 Å². The first-order valence-electron chi connectivity index (χ1n) is 6.75. The van der Waals surface area contributed by atoms with Crippen LogP contribution >= 0.6 is 0 Å². The summed E-state index contributed by atoms with van der Waals surface area (Å²) in [5.74, 6) is 0. The maximum atomic E-state index is 11.4. The van der Waals surface area contributed by atoms with Crippen molar-refractivity contribution in [1.29, 1.82) is 0 Å². The van der Waals surface area contributed by atoms with Gasteiger partial charge in [0.05, 0.1) is 6.20 Å². The van der Waals surface area contributed by atoms with Gasteiger partial charge in [-0.15, -0.1) is 0 Å². The molecule has 0 amide bonds. The minimum Gasteiger partial charge on any atom is -0.282 e. The molecule has 0 spiro atoms. The summed E-state index contributed by atoms with van der Waals surface area (Å²) in [6.45, 7) is 0. The van der Waals surface area contributed by atoms with E-state index in [4.69, 9.17) is 0 Å². The average Bonchev–Trinajstić information content (AvgIpc) is 3.07. The zero-order chi connectivity index (χ0) is 16.3. The second kappa shape index (κ2) is 6.15. The molecule has 1 heterocycles. The third kappa shape index (κ3) is 3.36. The molecule has 2 N–H and O–H groups in total. The van der Waals surface area contributed by atoms with E-state index in [9.17, 15) is 13.0 Å². The Bertz CT molecular complexity index is 948. The Morgan fingerprint density at radius 1 is 0.957 bits per heavy atom. The van der Waals surface area contributed by atoms with Crippen LogP contribution in [0, 0.1) is 0 Å². The molecule has 2 aromatic carbocycles. The van der Waals surface area contributed by atoms with Gasteiger partial charge in [-0.05, 0) is 17.2 Å². The fourth-order valence-electron chi connectivity index (χ4n) is 2.24. The lowest BCUT2D eigenvalue weighted by Crippen LogP contribution is -2.00. The van der Waals surface area contributed by atoms with Crippen LogP contribution in [0.2, 0.25) is 0 Å². The summed E-state index contributed by atoms with van der Waals surface area (Å²) < 4.78 is 32.1. The number of nitrogens with one attached hydrogen (secondary N) is 1. The van der Waals surface area contributed by atoms with Crippen LogP contribution in [0.1, 0.15) is 11.1 Å². The topological polar surface area (TPSA) is 95.9 Å². The predicted octanol–water partition coefficient (Wildman–Crippen LogP) is 2.89. The molecule has 23 heavy (non-hydrogen) atoms. The molecule has 0 aliphatic rings. The molecular formula is C16H13N3O3S. The summed E-state index contributed by atoms with van der Waals surface area (Å²) in [5, 5.41) is 10.4. The Labute approximate surface area is 133 Å². The first-order valence-corrected chi connectivity index (χ1v) is 8.19. The van der Waals surface area contributed by atoms with Crippen LogP contribution in [0.15, 0.2) is 59.6 Å². The van der Waals surface area contributed by atoms with Crippen molar-refractivity contribution < 1.29 is 13.0 Å². The van der Waals surface area contributed by atoms with Crippen LogP contribution in [-0.2, 0) is 10.1 Å². The molecule has 6 nitrogen and oxygen atoms in total. The molecular weight excluding hydrogens is 314 g/mol. The third-order valence-electron chi connectivity index (χ3n) is 3.29. The average molecular weight is 327 g/mol. The zero-order valence-corrected chi connectivity index (χ0v) is 12.7. The monoisotopic (exact) mass is 327 g/mol. The molecule has 3 rings (SSSR count). The van der Waals surface area contributed by atoms with Crippen molar-refractivity contribution in [3.8, 4) is 11.3 Å². The molecule has 0 aliphatic heterocycles. The summed E-state index contributed by atoms with van der Waals surface area (Å²) in [5.41, 5.74) is 2.81. The van der Waals surface area contributed by atoms with E-state index in [0.29, 0.717) is 11.3 Å². The highest BCUT2D eigenvalue weighted by Crippen LogP contribution is 2.24. The number of hydrogen-bond acceptors (Lipinski definition) is 4. The Hall–Kier alpha value is -2.77. The fraction of sp³-hybridized carbons (Fsp3) is 0.